The van der Waals surface area contributed by atoms with Gasteiger partial charge in [0.1, 0.15) is 0 Å². The number of anilines is 1. The maximum Gasteiger partial charge on any atom is 0.322 e. The highest BCUT2D eigenvalue weighted by Gasteiger charge is 2.15. The first kappa shape index (κ1) is 15.0. The molecule has 21 heavy (non-hydrogen) atoms. The maximum atomic E-state index is 12.4. The lowest BCUT2D eigenvalue weighted by Gasteiger charge is -2.23. The Hall–Kier alpha value is -2.40. The molecular weight excluding hydrogens is 266 g/mol. The highest BCUT2D eigenvalue weighted by molar-refractivity contribution is 5.91. The van der Waals surface area contributed by atoms with Gasteiger partial charge in [0.2, 0.25) is 0 Å². The van der Waals surface area contributed by atoms with Crippen LogP contribution >= 0.6 is 0 Å². The number of methoxy groups -OCH3 is 1. The molecule has 2 rings (SSSR count). The number of benzene rings is 1. The second kappa shape index (κ2) is 8.01. The van der Waals surface area contributed by atoms with Gasteiger partial charge in [0, 0.05) is 31.7 Å². The quantitative estimate of drug-likeness (QED) is 0.829. The number of rotatable bonds is 6. The Bertz CT molecular complexity index is 546. The first-order valence-electron chi connectivity index (χ1n) is 6.79. The molecule has 2 aromatic rings. The van der Waals surface area contributed by atoms with Gasteiger partial charge in [-0.05, 0) is 23.8 Å². The smallest absolute Gasteiger partial charge is 0.322 e. The molecule has 1 heterocycles. The molecule has 0 bridgehead atoms. The summed E-state index contributed by atoms with van der Waals surface area (Å²) in [7, 11) is 1.61. The zero-order valence-corrected chi connectivity index (χ0v) is 12.0. The van der Waals surface area contributed by atoms with Gasteiger partial charge in [-0.25, -0.2) is 4.79 Å². The van der Waals surface area contributed by atoms with E-state index in [4.69, 9.17) is 4.74 Å². The van der Waals surface area contributed by atoms with Crippen LogP contribution in [0.4, 0.5) is 10.5 Å². The molecule has 0 unspecified atom stereocenters. The highest BCUT2D eigenvalue weighted by atomic mass is 16.5. The Balaban J connectivity index is 2.12. The summed E-state index contributed by atoms with van der Waals surface area (Å²) in [5.41, 5.74) is 1.82. The average Bonchev–Trinajstić information content (AvgIpc) is 2.54. The Morgan fingerprint density at radius 2 is 2.05 bits per heavy atom. The normalized spacial score (nSPS) is 10.1. The molecule has 0 aliphatic heterocycles. The van der Waals surface area contributed by atoms with E-state index in [0.29, 0.717) is 19.7 Å². The van der Waals surface area contributed by atoms with Gasteiger partial charge >= 0.3 is 6.03 Å². The van der Waals surface area contributed by atoms with E-state index in [0.717, 1.165) is 11.3 Å². The van der Waals surface area contributed by atoms with E-state index in [2.05, 4.69) is 10.3 Å². The Labute approximate surface area is 124 Å². The van der Waals surface area contributed by atoms with Crippen LogP contribution in [-0.2, 0) is 11.3 Å². The number of nitrogens with zero attached hydrogens (tertiary/aromatic N) is 2. The molecule has 0 atom stereocenters. The van der Waals surface area contributed by atoms with E-state index in [1.54, 1.807) is 24.4 Å². The molecule has 0 saturated heterocycles. The second-order valence-corrected chi connectivity index (χ2v) is 4.51. The third kappa shape index (κ3) is 4.57. The molecule has 0 saturated carbocycles. The molecule has 5 heteroatoms. The van der Waals surface area contributed by atoms with Crippen molar-refractivity contribution in [1.29, 1.82) is 0 Å². The van der Waals surface area contributed by atoms with Gasteiger partial charge in [0.25, 0.3) is 0 Å². The molecule has 0 aliphatic carbocycles. The van der Waals surface area contributed by atoms with E-state index in [9.17, 15) is 4.79 Å². The van der Waals surface area contributed by atoms with E-state index in [1.807, 2.05) is 42.5 Å². The summed E-state index contributed by atoms with van der Waals surface area (Å²) in [5, 5.41) is 2.84. The predicted molar refractivity (Wildman–Crippen MR) is 82.1 cm³/mol. The maximum absolute atomic E-state index is 12.4. The molecule has 5 nitrogen and oxygen atoms in total. The Morgan fingerprint density at radius 1 is 1.24 bits per heavy atom. The summed E-state index contributed by atoms with van der Waals surface area (Å²) in [5.74, 6) is 0. The molecule has 110 valence electrons. The largest absolute Gasteiger partial charge is 0.383 e. The zero-order chi connectivity index (χ0) is 14.9. The van der Waals surface area contributed by atoms with Gasteiger partial charge < -0.3 is 10.1 Å². The standard InChI is InChI=1S/C16H19N3O2/c1-21-11-10-18-16(20)19(15-7-3-2-4-8-15)13-14-6-5-9-17-12-14/h2-9,12H,10-11,13H2,1H3,(H,18,20). The minimum atomic E-state index is -0.151. The predicted octanol–water partition coefficient (Wildman–Crippen LogP) is 2.44. The van der Waals surface area contributed by atoms with E-state index >= 15 is 0 Å². The third-order valence-electron chi connectivity index (χ3n) is 2.96. The lowest BCUT2D eigenvalue weighted by molar-refractivity contribution is 0.197. The average molecular weight is 285 g/mol. The molecule has 1 aromatic carbocycles. The molecular formula is C16H19N3O2. The summed E-state index contributed by atoms with van der Waals surface area (Å²) in [6.45, 7) is 1.43. The van der Waals surface area contributed by atoms with Crippen molar-refractivity contribution in [3.63, 3.8) is 0 Å². The summed E-state index contributed by atoms with van der Waals surface area (Å²) in [6.07, 6.45) is 3.48. The van der Waals surface area contributed by atoms with E-state index in [1.165, 1.54) is 0 Å². The topological polar surface area (TPSA) is 54.5 Å². The number of nitrogens with one attached hydrogen (secondary N) is 1. The number of aromatic nitrogens is 1. The lowest BCUT2D eigenvalue weighted by atomic mass is 10.2. The number of ether oxygens (including phenoxy) is 1. The fraction of sp³-hybridized carbons (Fsp3) is 0.250. The highest BCUT2D eigenvalue weighted by Crippen LogP contribution is 2.16. The monoisotopic (exact) mass is 285 g/mol. The molecule has 0 spiro atoms. The van der Waals surface area contributed by atoms with Crippen LogP contribution in [0, 0.1) is 0 Å². The molecule has 0 radical (unpaired) electrons. The van der Waals surface area contributed by atoms with Crippen LogP contribution in [0.15, 0.2) is 54.9 Å². The minimum Gasteiger partial charge on any atom is -0.383 e. The van der Waals surface area contributed by atoms with Crippen molar-refractivity contribution in [2.75, 3.05) is 25.2 Å². The van der Waals surface area contributed by atoms with Crippen LogP contribution in [0.1, 0.15) is 5.56 Å². The lowest BCUT2D eigenvalue weighted by Crippen LogP contribution is -2.41. The van der Waals surface area contributed by atoms with Crippen molar-refractivity contribution in [2.24, 2.45) is 0 Å². The molecule has 1 aromatic heterocycles. The number of carbonyl (C=O) groups is 1. The number of urea groups is 1. The number of pyridine rings is 1. The Morgan fingerprint density at radius 3 is 2.71 bits per heavy atom. The van der Waals surface area contributed by atoms with Crippen LogP contribution < -0.4 is 10.2 Å². The van der Waals surface area contributed by atoms with Crippen LogP contribution in [0.2, 0.25) is 0 Å². The van der Waals surface area contributed by atoms with Crippen LogP contribution in [0.3, 0.4) is 0 Å². The van der Waals surface area contributed by atoms with Crippen molar-refractivity contribution in [3.8, 4) is 0 Å². The Kier molecular flexibility index (Phi) is 5.72. The van der Waals surface area contributed by atoms with Crippen molar-refractivity contribution < 1.29 is 9.53 Å². The summed E-state index contributed by atoms with van der Waals surface area (Å²) < 4.78 is 4.95. The number of hydrogen-bond donors (Lipinski definition) is 1. The molecule has 0 fully saturated rings. The van der Waals surface area contributed by atoms with Gasteiger partial charge in [-0.15, -0.1) is 0 Å². The number of para-hydroxylation sites is 1. The van der Waals surface area contributed by atoms with Crippen molar-refractivity contribution in [3.05, 3.63) is 60.4 Å². The van der Waals surface area contributed by atoms with E-state index < -0.39 is 0 Å². The van der Waals surface area contributed by atoms with Crippen molar-refractivity contribution in [1.82, 2.24) is 10.3 Å². The number of amides is 2. The summed E-state index contributed by atoms with van der Waals surface area (Å²) in [6, 6.07) is 13.2. The number of carbonyl (C=O) groups excluding carboxylic acids is 1. The molecule has 1 N–H and O–H groups in total. The van der Waals surface area contributed by atoms with Gasteiger partial charge in [0.15, 0.2) is 0 Å². The molecule has 2 amide bonds. The van der Waals surface area contributed by atoms with E-state index in [-0.39, 0.29) is 6.03 Å². The van der Waals surface area contributed by atoms with Crippen LogP contribution in [0.5, 0.6) is 0 Å². The molecule has 0 aliphatic rings. The zero-order valence-electron chi connectivity index (χ0n) is 12.0. The third-order valence-corrected chi connectivity index (χ3v) is 2.96. The van der Waals surface area contributed by atoms with Gasteiger partial charge in [-0.2, -0.15) is 0 Å². The second-order valence-electron chi connectivity index (χ2n) is 4.51. The fourth-order valence-corrected chi connectivity index (χ4v) is 1.92. The summed E-state index contributed by atoms with van der Waals surface area (Å²) in [4.78, 5) is 18.1. The van der Waals surface area contributed by atoms with Crippen molar-refractivity contribution >= 4 is 11.7 Å². The van der Waals surface area contributed by atoms with Gasteiger partial charge in [-0.3, -0.25) is 9.88 Å². The first-order chi connectivity index (χ1) is 10.3. The first-order valence-corrected chi connectivity index (χ1v) is 6.79. The van der Waals surface area contributed by atoms with Crippen molar-refractivity contribution in [2.45, 2.75) is 6.54 Å². The van der Waals surface area contributed by atoms with Crippen LogP contribution in [0.25, 0.3) is 0 Å². The summed E-state index contributed by atoms with van der Waals surface area (Å²) >= 11 is 0. The minimum absolute atomic E-state index is 0.151. The van der Waals surface area contributed by atoms with Gasteiger partial charge in [-0.1, -0.05) is 24.3 Å². The number of hydrogen-bond acceptors (Lipinski definition) is 3. The SMILES string of the molecule is COCCNC(=O)N(Cc1cccnc1)c1ccccc1. The van der Waals surface area contributed by atoms with Crippen LogP contribution in [-0.4, -0.2) is 31.3 Å². The fourth-order valence-electron chi connectivity index (χ4n) is 1.92. The van der Waals surface area contributed by atoms with Gasteiger partial charge in [0.05, 0.1) is 13.2 Å².